The van der Waals surface area contributed by atoms with Gasteiger partial charge in [-0.2, -0.15) is 0 Å². The molecule has 41 heavy (non-hydrogen) atoms. The zero-order chi connectivity index (χ0) is 29.7. The molecule has 2 aliphatic heterocycles. The summed E-state index contributed by atoms with van der Waals surface area (Å²) in [6.45, 7) is 11.6. The number of hydrogen-bond acceptors (Lipinski definition) is 8. The molecule has 2 fully saturated rings. The van der Waals surface area contributed by atoms with Crippen molar-refractivity contribution in [3.05, 3.63) is 23.8 Å². The summed E-state index contributed by atoms with van der Waals surface area (Å²) in [5, 5.41) is 28.7. The highest BCUT2D eigenvalue weighted by Crippen LogP contribution is 2.52. The molecule has 0 aromatic rings. The summed E-state index contributed by atoms with van der Waals surface area (Å²) in [4.78, 5) is 13.1. The monoisotopic (exact) mass is 576 g/mol. The van der Waals surface area contributed by atoms with E-state index in [9.17, 15) is 15.0 Å². The Morgan fingerprint density at radius 2 is 1.83 bits per heavy atom. The zero-order valence-corrected chi connectivity index (χ0v) is 26.2. The number of methoxy groups -OCH3 is 1. The molecule has 0 aromatic carbocycles. The molecule has 4 aliphatic rings. The lowest BCUT2D eigenvalue weighted by Crippen LogP contribution is -2.51. The molecule has 8 heteroatoms. The molecule has 2 aliphatic carbocycles. The van der Waals surface area contributed by atoms with Crippen LogP contribution in [0.2, 0.25) is 0 Å². The van der Waals surface area contributed by atoms with E-state index < -0.39 is 36.0 Å². The highest BCUT2D eigenvalue weighted by Gasteiger charge is 2.56. The maximum Gasteiger partial charge on any atom is 0.335 e. The van der Waals surface area contributed by atoms with Crippen molar-refractivity contribution in [3.8, 4) is 0 Å². The van der Waals surface area contributed by atoms with Crippen LogP contribution in [-0.4, -0.2) is 84.6 Å². The second-order valence-corrected chi connectivity index (χ2v) is 13.4. The highest BCUT2D eigenvalue weighted by atomic mass is 16.6. The third-order valence-electron chi connectivity index (χ3n) is 10.4. The Bertz CT molecular complexity index is 915. The Kier molecular flexibility index (Phi) is 11.5. The number of fused-ring (bicyclic) bond motifs is 1. The second kappa shape index (κ2) is 14.5. The van der Waals surface area contributed by atoms with Gasteiger partial charge in [0.05, 0.1) is 23.9 Å². The number of aliphatic hydroxyl groups excluding tert-OH is 2. The first kappa shape index (κ1) is 32.6. The summed E-state index contributed by atoms with van der Waals surface area (Å²) in [5.74, 6) is -0.513. The Morgan fingerprint density at radius 3 is 2.49 bits per heavy atom. The topological polar surface area (TPSA) is 109 Å². The molecule has 2 bridgehead atoms. The molecule has 1 unspecified atom stereocenters. The molecule has 4 N–H and O–H groups in total. The number of cyclic esters (lactones) is 1. The standard InChI is InChI=1S/C33H56N2O6/c1-20-17-21(2)33-19-25(13-14-26(33)18-28(39-6)32(38)40-30(20)24(5)37)31(41-33)29(22(3)23(4)36)35-16-10-15-34-27-11-8-7-9-12-27/h13-14,17,20,22-31,34-37H,7-12,15-16,18-19H2,1-6H3/b21-17+/t20-,22?,23+,24-,25-,26-,28+,29+,30+,31-,33+/m1/s1. The fourth-order valence-corrected chi connectivity index (χ4v) is 7.72. The summed E-state index contributed by atoms with van der Waals surface area (Å²) < 4.78 is 18.6. The van der Waals surface area contributed by atoms with Crippen LogP contribution in [0.15, 0.2) is 23.8 Å². The Balaban J connectivity index is 1.54. The molecular formula is C33H56N2O6. The summed E-state index contributed by atoms with van der Waals surface area (Å²) >= 11 is 0. The van der Waals surface area contributed by atoms with Crippen LogP contribution in [0.5, 0.6) is 0 Å². The summed E-state index contributed by atoms with van der Waals surface area (Å²) in [6.07, 6.45) is 12.6. The van der Waals surface area contributed by atoms with Gasteiger partial charge in [0.25, 0.3) is 0 Å². The maximum atomic E-state index is 13.1. The van der Waals surface area contributed by atoms with Crippen LogP contribution in [-0.2, 0) is 19.0 Å². The van der Waals surface area contributed by atoms with Crippen LogP contribution in [0, 0.1) is 23.7 Å². The predicted octanol–water partition coefficient (Wildman–Crippen LogP) is 3.90. The molecule has 8 nitrogen and oxygen atoms in total. The molecule has 1 spiro atoms. The minimum Gasteiger partial charge on any atom is -0.457 e. The van der Waals surface area contributed by atoms with Crippen LogP contribution < -0.4 is 10.6 Å². The molecule has 0 radical (unpaired) electrons. The van der Waals surface area contributed by atoms with E-state index in [2.05, 4.69) is 42.7 Å². The van der Waals surface area contributed by atoms with Crippen LogP contribution in [0.25, 0.3) is 0 Å². The van der Waals surface area contributed by atoms with E-state index in [0.717, 1.165) is 31.5 Å². The van der Waals surface area contributed by atoms with E-state index >= 15 is 0 Å². The van der Waals surface area contributed by atoms with Gasteiger partial charge < -0.3 is 35.1 Å². The Morgan fingerprint density at radius 1 is 1.10 bits per heavy atom. The van der Waals surface area contributed by atoms with Crippen LogP contribution >= 0.6 is 0 Å². The average Bonchev–Trinajstić information content (AvgIpc) is 3.26. The van der Waals surface area contributed by atoms with Crippen molar-refractivity contribution in [1.29, 1.82) is 0 Å². The fourth-order valence-electron chi connectivity index (χ4n) is 7.72. The normalized spacial score (nSPS) is 38.7. The van der Waals surface area contributed by atoms with Crippen LogP contribution in [0.3, 0.4) is 0 Å². The van der Waals surface area contributed by atoms with Crippen molar-refractivity contribution < 1.29 is 29.2 Å². The van der Waals surface area contributed by atoms with Gasteiger partial charge in [-0.05, 0) is 77.5 Å². The van der Waals surface area contributed by atoms with Gasteiger partial charge in [0.2, 0.25) is 0 Å². The number of carbonyl (C=O) groups excluding carboxylic acids is 1. The Labute approximate surface area is 247 Å². The van der Waals surface area contributed by atoms with Crippen molar-refractivity contribution in [2.45, 2.75) is 134 Å². The van der Waals surface area contributed by atoms with E-state index in [-0.39, 0.29) is 35.8 Å². The first-order valence-electron chi connectivity index (χ1n) is 16.2. The first-order chi connectivity index (χ1) is 19.6. The highest BCUT2D eigenvalue weighted by molar-refractivity contribution is 5.75. The zero-order valence-electron chi connectivity index (χ0n) is 26.2. The van der Waals surface area contributed by atoms with E-state index in [4.69, 9.17) is 14.2 Å². The van der Waals surface area contributed by atoms with Crippen LogP contribution in [0.4, 0.5) is 0 Å². The van der Waals surface area contributed by atoms with E-state index in [0.29, 0.717) is 12.5 Å². The van der Waals surface area contributed by atoms with Gasteiger partial charge >= 0.3 is 5.97 Å². The first-order valence-corrected chi connectivity index (χ1v) is 16.2. The van der Waals surface area contributed by atoms with Crippen LogP contribution in [0.1, 0.15) is 86.0 Å². The van der Waals surface area contributed by atoms with Crippen molar-refractivity contribution in [3.63, 3.8) is 0 Å². The molecule has 0 amide bonds. The molecule has 0 aromatic heterocycles. The minimum absolute atomic E-state index is 0.00188. The van der Waals surface area contributed by atoms with Gasteiger partial charge in [0.1, 0.15) is 6.10 Å². The Hall–Kier alpha value is -1.29. The van der Waals surface area contributed by atoms with Gasteiger partial charge in [-0.3, -0.25) is 0 Å². The number of rotatable bonds is 11. The number of ether oxygens (including phenoxy) is 3. The summed E-state index contributed by atoms with van der Waals surface area (Å²) in [6, 6.07) is 0.632. The van der Waals surface area contributed by atoms with Gasteiger partial charge in [-0.25, -0.2) is 4.79 Å². The van der Waals surface area contributed by atoms with Gasteiger partial charge in [0, 0.05) is 36.9 Å². The van der Waals surface area contributed by atoms with Crippen molar-refractivity contribution >= 4 is 5.97 Å². The number of carbonyl (C=O) groups is 1. The largest absolute Gasteiger partial charge is 0.457 e. The molecular weight excluding hydrogens is 520 g/mol. The lowest BCUT2D eigenvalue weighted by Gasteiger charge is -2.42. The third-order valence-corrected chi connectivity index (χ3v) is 10.4. The van der Waals surface area contributed by atoms with Crippen molar-refractivity contribution in [2.75, 3.05) is 20.2 Å². The predicted molar refractivity (Wildman–Crippen MR) is 160 cm³/mol. The number of hydrogen-bond donors (Lipinski definition) is 4. The molecule has 2 heterocycles. The molecule has 4 rings (SSSR count). The van der Waals surface area contributed by atoms with Crippen molar-refractivity contribution in [1.82, 2.24) is 10.6 Å². The van der Waals surface area contributed by atoms with Crippen molar-refractivity contribution in [2.24, 2.45) is 23.7 Å². The summed E-state index contributed by atoms with van der Waals surface area (Å²) in [5.41, 5.74) is 0.516. The molecule has 1 saturated carbocycles. The molecule has 234 valence electrons. The number of esters is 1. The fraction of sp³-hybridized carbons (Fsp3) is 0.848. The lowest BCUT2D eigenvalue weighted by atomic mass is 9.69. The number of nitrogens with one attached hydrogen (secondary N) is 2. The van der Waals surface area contributed by atoms with E-state index in [1.165, 1.54) is 39.2 Å². The SMILES string of the molecule is CO[C@H]1C[C@H]2C=C[C@@H]3C[C@]2(O[C@H]3[C@@H](NCCCNC2CCCCC2)C(C)[C@H](C)O)/C(C)=C/[C@@H](C)[C@@H]([C@@H](C)O)OC1=O. The maximum absolute atomic E-state index is 13.1. The second-order valence-electron chi connectivity index (χ2n) is 13.4. The smallest absolute Gasteiger partial charge is 0.335 e. The van der Waals surface area contributed by atoms with Gasteiger partial charge in [-0.15, -0.1) is 0 Å². The average molecular weight is 577 g/mol. The van der Waals surface area contributed by atoms with E-state index in [1.54, 1.807) is 6.92 Å². The van der Waals surface area contributed by atoms with E-state index in [1.807, 2.05) is 13.8 Å². The van der Waals surface area contributed by atoms with Gasteiger partial charge in [-0.1, -0.05) is 51.3 Å². The minimum atomic E-state index is -0.812. The van der Waals surface area contributed by atoms with Gasteiger partial charge in [0.15, 0.2) is 6.10 Å². The summed E-state index contributed by atoms with van der Waals surface area (Å²) in [7, 11) is 1.54. The molecule has 11 atom stereocenters. The molecule has 1 saturated heterocycles. The lowest BCUT2D eigenvalue weighted by molar-refractivity contribution is -0.171. The quantitative estimate of drug-likeness (QED) is 0.167. The third kappa shape index (κ3) is 7.44. The number of aliphatic hydroxyl groups is 2.